The van der Waals surface area contributed by atoms with Gasteiger partial charge >= 0.3 is 0 Å². The lowest BCUT2D eigenvalue weighted by Crippen LogP contribution is -1.91. The van der Waals surface area contributed by atoms with E-state index in [9.17, 15) is 4.39 Å². The van der Waals surface area contributed by atoms with Crippen molar-refractivity contribution in [2.24, 2.45) is 0 Å². The van der Waals surface area contributed by atoms with Crippen molar-refractivity contribution < 1.29 is 13.7 Å². The van der Waals surface area contributed by atoms with Crippen molar-refractivity contribution in [3.8, 4) is 28.2 Å². The van der Waals surface area contributed by atoms with Crippen molar-refractivity contribution in [1.82, 2.24) is 5.16 Å². The van der Waals surface area contributed by atoms with Crippen LogP contribution in [0.25, 0.3) is 22.5 Å². The number of rotatable bonds is 3. The summed E-state index contributed by atoms with van der Waals surface area (Å²) in [5.41, 5.74) is 8.00. The molecule has 1 heterocycles. The molecule has 3 rings (SSSR count). The first-order valence-electron chi connectivity index (χ1n) is 6.35. The molecule has 0 saturated heterocycles. The van der Waals surface area contributed by atoms with Crippen LogP contribution in [-0.2, 0) is 0 Å². The van der Waals surface area contributed by atoms with E-state index < -0.39 is 0 Å². The number of hydrogen-bond acceptors (Lipinski definition) is 4. The van der Waals surface area contributed by atoms with Gasteiger partial charge in [-0.25, -0.2) is 4.39 Å². The molecule has 21 heavy (non-hydrogen) atoms. The molecule has 106 valence electrons. The van der Waals surface area contributed by atoms with Gasteiger partial charge in [-0.1, -0.05) is 29.4 Å². The number of nitrogen functional groups attached to an aromatic ring is 1. The highest BCUT2D eigenvalue weighted by Crippen LogP contribution is 2.40. The number of methoxy groups -OCH3 is 1. The van der Waals surface area contributed by atoms with Gasteiger partial charge < -0.3 is 15.0 Å². The minimum absolute atomic E-state index is 0.252. The van der Waals surface area contributed by atoms with E-state index in [1.807, 2.05) is 24.3 Å². The van der Waals surface area contributed by atoms with Crippen LogP contribution in [0, 0.1) is 5.82 Å². The Morgan fingerprint density at radius 2 is 1.81 bits per heavy atom. The molecule has 5 heteroatoms. The standard InChI is InChI=1S/C16H13FN2O2/c1-20-13-5-3-2-4-12(13)15-14(16(18)19-21-15)10-6-8-11(17)9-7-10/h2-9H,1H3,(H2,18,19). The Labute approximate surface area is 120 Å². The monoisotopic (exact) mass is 284 g/mol. The Hall–Kier alpha value is -2.82. The van der Waals surface area contributed by atoms with Gasteiger partial charge in [0.15, 0.2) is 11.6 Å². The number of nitrogens with two attached hydrogens (primary N) is 1. The second-order valence-corrected chi connectivity index (χ2v) is 4.48. The zero-order valence-electron chi connectivity index (χ0n) is 11.3. The average molecular weight is 284 g/mol. The van der Waals surface area contributed by atoms with Crippen LogP contribution in [0.3, 0.4) is 0 Å². The molecule has 0 spiro atoms. The Balaban J connectivity index is 2.19. The predicted octanol–water partition coefficient (Wildman–Crippen LogP) is 3.74. The summed E-state index contributed by atoms with van der Waals surface area (Å²) < 4.78 is 23.8. The van der Waals surface area contributed by atoms with E-state index in [1.165, 1.54) is 12.1 Å². The van der Waals surface area contributed by atoms with Crippen LogP contribution >= 0.6 is 0 Å². The fraction of sp³-hybridized carbons (Fsp3) is 0.0625. The Morgan fingerprint density at radius 1 is 1.10 bits per heavy atom. The summed E-state index contributed by atoms with van der Waals surface area (Å²) >= 11 is 0. The number of aromatic nitrogens is 1. The molecule has 0 amide bonds. The third-order valence-electron chi connectivity index (χ3n) is 3.20. The minimum Gasteiger partial charge on any atom is -0.496 e. The number of hydrogen-bond donors (Lipinski definition) is 1. The zero-order valence-corrected chi connectivity index (χ0v) is 11.3. The van der Waals surface area contributed by atoms with E-state index in [0.29, 0.717) is 17.1 Å². The first kappa shape index (κ1) is 13.2. The SMILES string of the molecule is COc1ccccc1-c1onc(N)c1-c1ccc(F)cc1. The van der Waals surface area contributed by atoms with Gasteiger partial charge in [-0.3, -0.25) is 0 Å². The van der Waals surface area contributed by atoms with Crippen molar-refractivity contribution >= 4 is 5.82 Å². The lowest BCUT2D eigenvalue weighted by Gasteiger charge is -2.07. The lowest BCUT2D eigenvalue weighted by atomic mass is 10.0. The summed E-state index contributed by atoms with van der Waals surface area (Å²) in [4.78, 5) is 0. The topological polar surface area (TPSA) is 61.3 Å². The van der Waals surface area contributed by atoms with Crippen LogP contribution in [0.15, 0.2) is 53.1 Å². The molecule has 2 N–H and O–H groups in total. The highest BCUT2D eigenvalue weighted by atomic mass is 19.1. The first-order chi connectivity index (χ1) is 10.2. The molecule has 0 saturated carbocycles. The van der Waals surface area contributed by atoms with Crippen LogP contribution in [0.2, 0.25) is 0 Å². The van der Waals surface area contributed by atoms with Crippen molar-refractivity contribution in [3.05, 3.63) is 54.3 Å². The van der Waals surface area contributed by atoms with E-state index >= 15 is 0 Å². The van der Waals surface area contributed by atoms with Crippen LogP contribution in [-0.4, -0.2) is 12.3 Å². The number of ether oxygens (including phenoxy) is 1. The van der Waals surface area contributed by atoms with Crippen LogP contribution in [0.4, 0.5) is 10.2 Å². The highest BCUT2D eigenvalue weighted by Gasteiger charge is 2.20. The summed E-state index contributed by atoms with van der Waals surface area (Å²) in [5, 5.41) is 3.82. The maximum Gasteiger partial charge on any atom is 0.180 e. The van der Waals surface area contributed by atoms with E-state index in [-0.39, 0.29) is 11.6 Å². The molecule has 0 aliphatic rings. The smallest absolute Gasteiger partial charge is 0.180 e. The molecule has 0 aliphatic carbocycles. The number of halogens is 1. The van der Waals surface area contributed by atoms with E-state index in [1.54, 1.807) is 19.2 Å². The molecule has 0 fully saturated rings. The summed E-state index contributed by atoms with van der Waals surface area (Å²) in [6, 6.07) is 13.4. The van der Waals surface area contributed by atoms with Crippen molar-refractivity contribution in [2.75, 3.05) is 12.8 Å². The molecule has 2 aromatic carbocycles. The molecule has 0 atom stereocenters. The van der Waals surface area contributed by atoms with Crippen LogP contribution in [0.1, 0.15) is 0 Å². The molecule has 0 radical (unpaired) electrons. The van der Waals surface area contributed by atoms with Gasteiger partial charge in [-0.2, -0.15) is 0 Å². The van der Waals surface area contributed by atoms with Gasteiger partial charge in [-0.05, 0) is 29.8 Å². The average Bonchev–Trinajstić information content (AvgIpc) is 2.90. The summed E-state index contributed by atoms with van der Waals surface area (Å²) in [6.07, 6.45) is 0. The molecule has 3 aromatic rings. The largest absolute Gasteiger partial charge is 0.496 e. The summed E-state index contributed by atoms with van der Waals surface area (Å²) in [7, 11) is 1.58. The molecule has 4 nitrogen and oxygen atoms in total. The number of nitrogens with zero attached hydrogens (tertiary/aromatic N) is 1. The second kappa shape index (κ2) is 5.28. The third kappa shape index (κ3) is 2.33. The third-order valence-corrected chi connectivity index (χ3v) is 3.20. The molecular formula is C16H13FN2O2. The van der Waals surface area contributed by atoms with Gasteiger partial charge in [0, 0.05) is 0 Å². The maximum atomic E-state index is 13.1. The van der Waals surface area contributed by atoms with Gasteiger partial charge in [0.25, 0.3) is 0 Å². The van der Waals surface area contributed by atoms with Crippen LogP contribution in [0.5, 0.6) is 5.75 Å². The lowest BCUT2D eigenvalue weighted by molar-refractivity contribution is 0.407. The number of benzene rings is 2. The molecule has 0 aliphatic heterocycles. The Bertz CT molecular complexity index is 766. The van der Waals surface area contributed by atoms with Gasteiger partial charge in [-0.15, -0.1) is 0 Å². The van der Waals surface area contributed by atoms with Gasteiger partial charge in [0.1, 0.15) is 11.6 Å². The number of anilines is 1. The molecule has 0 bridgehead atoms. The van der Waals surface area contributed by atoms with Crippen molar-refractivity contribution in [2.45, 2.75) is 0 Å². The Kier molecular flexibility index (Phi) is 3.31. The highest BCUT2D eigenvalue weighted by molar-refractivity contribution is 5.88. The van der Waals surface area contributed by atoms with Gasteiger partial charge in [0.05, 0.1) is 18.2 Å². The second-order valence-electron chi connectivity index (χ2n) is 4.48. The molecule has 1 aromatic heterocycles. The Morgan fingerprint density at radius 3 is 2.52 bits per heavy atom. The summed E-state index contributed by atoms with van der Waals surface area (Å²) in [5.74, 6) is 1.09. The van der Waals surface area contributed by atoms with Gasteiger partial charge in [0.2, 0.25) is 0 Å². The molecule has 0 unspecified atom stereocenters. The van der Waals surface area contributed by atoms with E-state index in [0.717, 1.165) is 11.1 Å². The van der Waals surface area contributed by atoms with Crippen molar-refractivity contribution in [1.29, 1.82) is 0 Å². The predicted molar refractivity (Wildman–Crippen MR) is 78.3 cm³/mol. The fourth-order valence-electron chi connectivity index (χ4n) is 2.21. The van der Waals surface area contributed by atoms with E-state index in [4.69, 9.17) is 15.0 Å². The quantitative estimate of drug-likeness (QED) is 0.796. The molecular weight excluding hydrogens is 271 g/mol. The normalized spacial score (nSPS) is 10.6. The number of para-hydroxylation sites is 1. The van der Waals surface area contributed by atoms with Crippen molar-refractivity contribution in [3.63, 3.8) is 0 Å². The maximum absolute atomic E-state index is 13.1. The summed E-state index contributed by atoms with van der Waals surface area (Å²) in [6.45, 7) is 0. The minimum atomic E-state index is -0.312. The fourth-order valence-corrected chi connectivity index (χ4v) is 2.21. The first-order valence-corrected chi connectivity index (χ1v) is 6.35. The van der Waals surface area contributed by atoms with E-state index in [2.05, 4.69) is 5.16 Å². The zero-order chi connectivity index (χ0) is 14.8. The van der Waals surface area contributed by atoms with Crippen LogP contribution < -0.4 is 10.5 Å².